The van der Waals surface area contributed by atoms with Crippen molar-refractivity contribution in [1.29, 1.82) is 0 Å². The second-order valence-corrected chi connectivity index (χ2v) is 4.82. The molecule has 0 saturated heterocycles. The van der Waals surface area contributed by atoms with Crippen LogP contribution in [-0.2, 0) is 17.8 Å². The fraction of sp³-hybridized carbons (Fsp3) is 0.667. The number of aromatic nitrogens is 4. The summed E-state index contributed by atoms with van der Waals surface area (Å²) in [5.74, 6) is 1.18. The van der Waals surface area contributed by atoms with Crippen LogP contribution in [0, 0.1) is 5.92 Å². The molecule has 2 aromatic rings. The zero-order valence-electron chi connectivity index (χ0n) is 9.38. The molecule has 0 fully saturated rings. The van der Waals surface area contributed by atoms with Crippen molar-refractivity contribution in [2.75, 3.05) is 13.7 Å². The van der Waals surface area contributed by atoms with Crippen molar-refractivity contribution in [2.45, 2.75) is 20.0 Å². The zero-order chi connectivity index (χ0) is 11.5. The van der Waals surface area contributed by atoms with Gasteiger partial charge >= 0.3 is 0 Å². The minimum atomic E-state index is 0.427. The van der Waals surface area contributed by atoms with Gasteiger partial charge in [-0.2, -0.15) is 9.61 Å². The van der Waals surface area contributed by atoms with Crippen molar-refractivity contribution >= 4 is 16.3 Å². The highest BCUT2D eigenvalue weighted by Crippen LogP contribution is 2.17. The molecule has 0 radical (unpaired) electrons. The topological polar surface area (TPSA) is 78.3 Å². The Kier molecular flexibility index (Phi) is 3.47. The second-order valence-electron chi connectivity index (χ2n) is 3.78. The van der Waals surface area contributed by atoms with Gasteiger partial charge in [-0.1, -0.05) is 18.3 Å². The molecule has 88 valence electrons. The molecule has 2 heterocycles. The Morgan fingerprint density at radius 3 is 3.00 bits per heavy atom. The van der Waals surface area contributed by atoms with E-state index in [0.29, 0.717) is 19.1 Å². The third kappa shape index (κ3) is 2.21. The first kappa shape index (κ1) is 11.4. The minimum absolute atomic E-state index is 0.427. The summed E-state index contributed by atoms with van der Waals surface area (Å²) in [4.78, 5) is 0.811. The van der Waals surface area contributed by atoms with Gasteiger partial charge in [0.1, 0.15) is 11.6 Å². The number of methoxy groups -OCH3 is 1. The van der Waals surface area contributed by atoms with E-state index in [0.717, 1.165) is 22.2 Å². The molecular weight excluding hydrogens is 226 g/mol. The molecule has 0 aliphatic rings. The second kappa shape index (κ2) is 4.86. The van der Waals surface area contributed by atoms with E-state index in [1.807, 2.05) is 0 Å². The highest BCUT2D eigenvalue weighted by Gasteiger charge is 2.12. The summed E-state index contributed by atoms with van der Waals surface area (Å²) < 4.78 is 6.77. The summed E-state index contributed by atoms with van der Waals surface area (Å²) in [6.45, 7) is 3.21. The monoisotopic (exact) mass is 241 g/mol. The van der Waals surface area contributed by atoms with Crippen molar-refractivity contribution in [1.82, 2.24) is 19.8 Å². The van der Waals surface area contributed by atoms with Gasteiger partial charge in [-0.15, -0.1) is 10.2 Å². The van der Waals surface area contributed by atoms with Gasteiger partial charge in [-0.25, -0.2) is 0 Å². The summed E-state index contributed by atoms with van der Waals surface area (Å²) in [6, 6.07) is 0. The Labute approximate surface area is 97.4 Å². The Balaban J connectivity index is 2.23. The van der Waals surface area contributed by atoms with Crippen LogP contribution in [0.1, 0.15) is 17.8 Å². The first-order chi connectivity index (χ1) is 7.74. The maximum absolute atomic E-state index is 5.59. The van der Waals surface area contributed by atoms with Gasteiger partial charge in [0.15, 0.2) is 5.82 Å². The van der Waals surface area contributed by atoms with Crippen molar-refractivity contribution in [3.8, 4) is 0 Å². The molecule has 6 nitrogen and oxygen atoms in total. The molecule has 0 spiro atoms. The van der Waals surface area contributed by atoms with Crippen molar-refractivity contribution in [3.05, 3.63) is 10.8 Å². The number of hydrogen-bond donors (Lipinski definition) is 1. The summed E-state index contributed by atoms with van der Waals surface area (Å²) >= 11 is 1.55. The van der Waals surface area contributed by atoms with Crippen molar-refractivity contribution in [2.24, 2.45) is 11.7 Å². The number of fused-ring (bicyclic) bond motifs is 1. The Morgan fingerprint density at radius 1 is 1.50 bits per heavy atom. The summed E-state index contributed by atoms with van der Waals surface area (Å²) in [5.41, 5.74) is 5.59. The van der Waals surface area contributed by atoms with E-state index < -0.39 is 0 Å². The standard InChI is InChI=1S/C9H15N5OS/c1-6(4-10)3-8-13-14-7(5-15-2)11-12-9(14)16-8/h6H,3-5,10H2,1-2H3. The first-order valence-corrected chi connectivity index (χ1v) is 5.95. The summed E-state index contributed by atoms with van der Waals surface area (Å²) in [5, 5.41) is 13.5. The van der Waals surface area contributed by atoms with Crippen LogP contribution in [-0.4, -0.2) is 33.5 Å². The normalized spacial score (nSPS) is 13.4. The van der Waals surface area contributed by atoms with Gasteiger partial charge in [0.05, 0.1) is 0 Å². The van der Waals surface area contributed by atoms with Crippen molar-refractivity contribution in [3.63, 3.8) is 0 Å². The molecule has 0 saturated carbocycles. The molecule has 0 bridgehead atoms. The third-order valence-corrected chi connectivity index (χ3v) is 3.22. The predicted octanol–water partition coefficient (Wildman–Crippen LogP) is 0.470. The van der Waals surface area contributed by atoms with Crippen LogP contribution >= 0.6 is 11.3 Å². The number of rotatable bonds is 5. The van der Waals surface area contributed by atoms with Gasteiger partial charge in [-0.05, 0) is 12.5 Å². The molecule has 0 aliphatic carbocycles. The molecule has 2 N–H and O–H groups in total. The summed E-state index contributed by atoms with van der Waals surface area (Å²) in [6.07, 6.45) is 0.886. The van der Waals surface area contributed by atoms with Crippen molar-refractivity contribution < 1.29 is 4.74 Å². The van der Waals surface area contributed by atoms with Crippen LogP contribution in [0.3, 0.4) is 0 Å². The largest absolute Gasteiger partial charge is 0.377 e. The number of nitrogens with zero attached hydrogens (tertiary/aromatic N) is 4. The highest BCUT2D eigenvalue weighted by molar-refractivity contribution is 7.16. The van der Waals surface area contributed by atoms with Gasteiger partial charge in [0.2, 0.25) is 4.96 Å². The number of ether oxygens (including phenoxy) is 1. The molecule has 0 aliphatic heterocycles. The molecule has 16 heavy (non-hydrogen) atoms. The molecule has 1 atom stereocenters. The fourth-order valence-electron chi connectivity index (χ4n) is 1.38. The number of nitrogens with two attached hydrogens (primary N) is 1. The molecule has 1 unspecified atom stereocenters. The van der Waals surface area contributed by atoms with Crippen LogP contribution in [0.2, 0.25) is 0 Å². The summed E-state index contributed by atoms with van der Waals surface area (Å²) in [7, 11) is 1.63. The van der Waals surface area contributed by atoms with E-state index in [1.54, 1.807) is 23.0 Å². The smallest absolute Gasteiger partial charge is 0.234 e. The lowest BCUT2D eigenvalue weighted by Crippen LogP contribution is -2.13. The van der Waals surface area contributed by atoms with E-state index in [2.05, 4.69) is 22.2 Å². The van der Waals surface area contributed by atoms with Crippen LogP contribution in [0.25, 0.3) is 4.96 Å². The SMILES string of the molecule is COCc1nnc2sc(CC(C)CN)nn12. The van der Waals surface area contributed by atoms with Crippen LogP contribution in [0.5, 0.6) is 0 Å². The van der Waals surface area contributed by atoms with Crippen LogP contribution < -0.4 is 5.73 Å². The number of hydrogen-bond acceptors (Lipinski definition) is 6. The lowest BCUT2D eigenvalue weighted by molar-refractivity contribution is 0.176. The quantitative estimate of drug-likeness (QED) is 0.823. The van der Waals surface area contributed by atoms with Crippen LogP contribution in [0.4, 0.5) is 0 Å². The Bertz CT molecular complexity index is 465. The molecular formula is C9H15N5OS. The minimum Gasteiger partial charge on any atom is -0.377 e. The van der Waals surface area contributed by atoms with Crippen LogP contribution in [0.15, 0.2) is 0 Å². The first-order valence-electron chi connectivity index (χ1n) is 5.13. The van der Waals surface area contributed by atoms with E-state index >= 15 is 0 Å². The lowest BCUT2D eigenvalue weighted by Gasteiger charge is -2.03. The van der Waals surface area contributed by atoms with Gasteiger partial charge < -0.3 is 10.5 Å². The Hall–Kier alpha value is -1.05. The van der Waals surface area contributed by atoms with E-state index in [9.17, 15) is 0 Å². The van der Waals surface area contributed by atoms with E-state index in [4.69, 9.17) is 10.5 Å². The highest BCUT2D eigenvalue weighted by atomic mass is 32.1. The molecule has 2 rings (SSSR count). The maximum atomic E-state index is 5.59. The average molecular weight is 241 g/mol. The lowest BCUT2D eigenvalue weighted by atomic mass is 10.1. The predicted molar refractivity (Wildman–Crippen MR) is 61.3 cm³/mol. The fourth-order valence-corrected chi connectivity index (χ4v) is 2.40. The molecule has 0 aromatic carbocycles. The molecule has 2 aromatic heterocycles. The molecule has 0 amide bonds. The Morgan fingerprint density at radius 2 is 2.31 bits per heavy atom. The third-order valence-electron chi connectivity index (χ3n) is 2.30. The van der Waals surface area contributed by atoms with Gasteiger partial charge in [0, 0.05) is 13.5 Å². The van der Waals surface area contributed by atoms with E-state index in [-0.39, 0.29) is 0 Å². The molecule has 7 heteroatoms. The van der Waals surface area contributed by atoms with E-state index in [1.165, 1.54) is 0 Å². The van der Waals surface area contributed by atoms with Gasteiger partial charge in [0.25, 0.3) is 0 Å². The maximum Gasteiger partial charge on any atom is 0.234 e. The zero-order valence-corrected chi connectivity index (χ0v) is 10.2. The average Bonchev–Trinajstić information content (AvgIpc) is 2.80. The van der Waals surface area contributed by atoms with Gasteiger partial charge in [-0.3, -0.25) is 0 Å².